The van der Waals surface area contributed by atoms with Crippen LogP contribution < -0.4 is 0 Å². The van der Waals surface area contributed by atoms with E-state index in [1.54, 1.807) is 55.3 Å². The predicted molar refractivity (Wildman–Crippen MR) is 257 cm³/mol. The number of ketones is 1. The topological polar surface area (TPSA) is 195 Å². The molecule has 8 aliphatic rings. The molecule has 4 heterocycles. The quantitative estimate of drug-likeness (QED) is 0.106. The number of fused-ring (bicyclic) bond motifs is 5. The van der Waals surface area contributed by atoms with Crippen molar-refractivity contribution in [2.75, 3.05) is 28.4 Å². The van der Waals surface area contributed by atoms with Gasteiger partial charge >= 0.3 is 5.97 Å². The molecule has 0 radical (unpaired) electrons. The Morgan fingerprint density at radius 2 is 1.14 bits per heavy atom. The molecular formula is C54H86O17. The highest BCUT2D eigenvalue weighted by Gasteiger charge is 2.71. The van der Waals surface area contributed by atoms with Crippen molar-refractivity contribution in [1.29, 1.82) is 0 Å². The monoisotopic (exact) mass is 1010 g/mol. The lowest BCUT2D eigenvalue weighted by Crippen LogP contribution is -2.66. The van der Waals surface area contributed by atoms with Crippen LogP contribution in [0.5, 0.6) is 0 Å². The summed E-state index contributed by atoms with van der Waals surface area (Å²) < 4.78 is 81.8. The fourth-order valence-corrected chi connectivity index (χ4v) is 14.4. The Labute approximate surface area is 421 Å². The predicted octanol–water partition coefficient (Wildman–Crippen LogP) is 6.26. The van der Waals surface area contributed by atoms with Gasteiger partial charge in [-0.1, -0.05) is 31.6 Å². The molecule has 8 rings (SSSR count). The number of aliphatic hydroxyl groups excluding tert-OH is 1. The first kappa shape index (κ1) is 55.3. The van der Waals surface area contributed by atoms with E-state index in [1.807, 2.05) is 34.6 Å². The average Bonchev–Trinajstić information content (AvgIpc) is 3.63. The van der Waals surface area contributed by atoms with Crippen LogP contribution in [0.2, 0.25) is 0 Å². The van der Waals surface area contributed by atoms with E-state index in [0.717, 1.165) is 19.3 Å². The van der Waals surface area contributed by atoms with Gasteiger partial charge in [0.1, 0.15) is 36.3 Å². The van der Waals surface area contributed by atoms with Gasteiger partial charge in [-0.3, -0.25) is 4.79 Å². The third-order valence-corrected chi connectivity index (χ3v) is 18.8. The third-order valence-electron chi connectivity index (χ3n) is 18.8. The molecule has 7 fully saturated rings. The third kappa shape index (κ3) is 10.5. The molecule has 3 saturated carbocycles. The fourth-order valence-electron chi connectivity index (χ4n) is 14.4. The molecule has 24 atom stereocenters. The molecule has 4 aliphatic heterocycles. The molecule has 17 nitrogen and oxygen atoms in total. The van der Waals surface area contributed by atoms with Crippen LogP contribution in [0, 0.1) is 28.6 Å². The molecule has 71 heavy (non-hydrogen) atoms. The maximum atomic E-state index is 13.4. The van der Waals surface area contributed by atoms with Crippen molar-refractivity contribution in [2.45, 2.75) is 249 Å². The number of allylic oxidation sites excluding steroid dienone is 2. The zero-order chi connectivity index (χ0) is 51.3. The molecular weight excluding hydrogens is 921 g/mol. The minimum absolute atomic E-state index is 0.0422. The Balaban J connectivity index is 0.855. The number of esters is 1. The number of hydrogen-bond donors (Lipinski definition) is 2. The lowest BCUT2D eigenvalue weighted by molar-refractivity contribution is -0.347. The first-order chi connectivity index (χ1) is 33.7. The molecule has 404 valence electrons. The minimum atomic E-state index is -1.15. The van der Waals surface area contributed by atoms with Crippen LogP contribution in [0.3, 0.4) is 0 Å². The number of aliphatic hydroxyl groups is 2. The smallest absolute Gasteiger partial charge is 0.333 e. The molecule has 0 aromatic heterocycles. The van der Waals surface area contributed by atoms with Crippen molar-refractivity contribution in [2.24, 2.45) is 28.6 Å². The molecule has 18 unspecified atom stereocenters. The van der Waals surface area contributed by atoms with Gasteiger partial charge in [-0.15, -0.1) is 0 Å². The van der Waals surface area contributed by atoms with Crippen LogP contribution >= 0.6 is 0 Å². The summed E-state index contributed by atoms with van der Waals surface area (Å²) in [6.07, 6.45) is 2.27. The fraction of sp³-hybridized carbons (Fsp3) is 0.889. The molecule has 0 spiro atoms. The summed E-state index contributed by atoms with van der Waals surface area (Å²) >= 11 is 0. The standard InChI is InChI=1S/C54H86O17/c1-14-27(2)51(57)68-42-22-37-36(54(58)20-18-35(28(3)55)53(42,54)9)16-15-33-21-34(17-19-52(33,37)8)67-43-24-39(60-11)48(30(5)64-43)70-45-26-41(62-13)50(32(7)66-45)71-46-25-40(61-12)49(31(6)65-46)69-44-23-38(59-10)47(56)29(4)63-44/h14-15,29-32,34-50,56,58H,16-26H2,1-13H3/t29?,30?,31?,32?,34-,35+,36?,37?,38?,39?,40?,41?,42+,43?,44?,45?,46?,47?,48?,49?,50?,52-,53-,54-/m0/s1. The summed E-state index contributed by atoms with van der Waals surface area (Å²) in [5.41, 5.74) is -0.429. The number of methoxy groups -OCH3 is 4. The van der Waals surface area contributed by atoms with Gasteiger partial charge in [0.2, 0.25) is 0 Å². The zero-order valence-electron chi connectivity index (χ0n) is 44.6. The number of ether oxygens (including phenoxy) is 13. The Hall–Kier alpha value is -1.94. The number of Topliss-reactive ketones (excluding diaryl/α,β-unsaturated/α-hetero) is 1. The number of carbonyl (C=O) groups is 2. The van der Waals surface area contributed by atoms with Gasteiger partial charge in [0.05, 0.1) is 60.5 Å². The summed E-state index contributed by atoms with van der Waals surface area (Å²) in [7, 11) is 6.56. The Bertz CT molecular complexity index is 1910. The second-order valence-corrected chi connectivity index (χ2v) is 22.5. The Kier molecular flexibility index (Phi) is 17.4. The minimum Gasteiger partial charge on any atom is -0.458 e. The highest BCUT2D eigenvalue weighted by Crippen LogP contribution is 2.68. The Morgan fingerprint density at radius 1 is 0.662 bits per heavy atom. The van der Waals surface area contributed by atoms with Crippen molar-refractivity contribution < 1.29 is 81.4 Å². The van der Waals surface area contributed by atoms with Gasteiger partial charge in [-0.05, 0) is 111 Å². The summed E-state index contributed by atoms with van der Waals surface area (Å²) in [4.78, 5) is 26.5. The summed E-state index contributed by atoms with van der Waals surface area (Å²) in [5.74, 6) is -0.718. The lowest BCUT2D eigenvalue weighted by Gasteiger charge is -2.63. The van der Waals surface area contributed by atoms with Crippen LogP contribution in [0.25, 0.3) is 0 Å². The van der Waals surface area contributed by atoms with Gasteiger partial charge in [-0.2, -0.15) is 0 Å². The van der Waals surface area contributed by atoms with Gasteiger partial charge < -0.3 is 71.8 Å². The molecule has 2 N–H and O–H groups in total. The van der Waals surface area contributed by atoms with E-state index in [2.05, 4.69) is 13.0 Å². The SMILES string of the molecule is CC=C(C)C(=O)O[C@@H]1CC2C(CC=C3C[C@@H](OC4CC(OC)C(OC5CC(OC)C(OC6CC(OC)C(OC7CC(OC)C(O)C(C)O7)C(C)O6)C(C)O5)C(C)O4)CC[C@@]32C)[C@@]2(O)CC[C@H](C(C)=O)[C@@]12C. The maximum absolute atomic E-state index is 13.4. The van der Waals surface area contributed by atoms with E-state index in [4.69, 9.17) is 61.6 Å². The van der Waals surface area contributed by atoms with Gasteiger partial charge in [0.15, 0.2) is 25.2 Å². The summed E-state index contributed by atoms with van der Waals surface area (Å²) in [6, 6.07) is 0. The van der Waals surface area contributed by atoms with Gasteiger partial charge in [-0.25, -0.2) is 4.79 Å². The molecule has 0 aromatic rings. The van der Waals surface area contributed by atoms with Crippen LogP contribution in [0.15, 0.2) is 23.3 Å². The first-order valence-electron chi connectivity index (χ1n) is 26.5. The van der Waals surface area contributed by atoms with Crippen molar-refractivity contribution in [3.8, 4) is 0 Å². The van der Waals surface area contributed by atoms with Crippen LogP contribution in [0.4, 0.5) is 0 Å². The molecule has 17 heteroatoms. The van der Waals surface area contributed by atoms with Crippen LogP contribution in [-0.2, 0) is 71.2 Å². The van der Waals surface area contributed by atoms with Crippen molar-refractivity contribution in [3.63, 3.8) is 0 Å². The van der Waals surface area contributed by atoms with Gasteiger partial charge in [0, 0.05) is 71.0 Å². The van der Waals surface area contributed by atoms with E-state index in [1.165, 1.54) is 5.57 Å². The number of hydrogen-bond acceptors (Lipinski definition) is 17. The van der Waals surface area contributed by atoms with Crippen molar-refractivity contribution in [1.82, 2.24) is 0 Å². The Morgan fingerprint density at radius 3 is 1.62 bits per heavy atom. The van der Waals surface area contributed by atoms with Crippen LogP contribution in [0.1, 0.15) is 133 Å². The average molecular weight is 1010 g/mol. The molecule has 4 saturated heterocycles. The zero-order valence-corrected chi connectivity index (χ0v) is 44.6. The summed E-state index contributed by atoms with van der Waals surface area (Å²) in [6.45, 7) is 17.1. The van der Waals surface area contributed by atoms with Gasteiger partial charge in [0.25, 0.3) is 0 Å². The summed E-state index contributed by atoms with van der Waals surface area (Å²) in [5, 5.41) is 23.3. The first-order valence-corrected chi connectivity index (χ1v) is 26.5. The molecule has 0 aromatic carbocycles. The van der Waals surface area contributed by atoms with E-state index in [9.17, 15) is 19.8 Å². The largest absolute Gasteiger partial charge is 0.458 e. The second kappa shape index (κ2) is 22.3. The van der Waals surface area contributed by atoms with Crippen molar-refractivity contribution in [3.05, 3.63) is 23.3 Å². The number of rotatable bonds is 15. The molecule has 4 aliphatic carbocycles. The second-order valence-electron chi connectivity index (χ2n) is 22.5. The molecule has 0 bridgehead atoms. The normalized spacial score (nSPS) is 49.3. The van der Waals surface area contributed by atoms with E-state index in [0.29, 0.717) is 56.9 Å². The highest BCUT2D eigenvalue weighted by molar-refractivity contribution is 5.88. The molecule has 0 amide bonds. The number of carbonyl (C=O) groups excluding carboxylic acids is 2. The van der Waals surface area contributed by atoms with E-state index in [-0.39, 0.29) is 65.4 Å². The lowest BCUT2D eigenvalue weighted by atomic mass is 9.45. The van der Waals surface area contributed by atoms with E-state index >= 15 is 0 Å². The maximum Gasteiger partial charge on any atom is 0.333 e. The van der Waals surface area contributed by atoms with E-state index < -0.39 is 91.1 Å². The highest BCUT2D eigenvalue weighted by atomic mass is 16.8. The van der Waals surface area contributed by atoms with Crippen molar-refractivity contribution >= 4 is 11.8 Å². The van der Waals surface area contributed by atoms with Crippen LogP contribution in [-0.4, -0.2) is 167 Å².